The van der Waals surface area contributed by atoms with E-state index in [0.29, 0.717) is 0 Å². The number of nitrogens with one attached hydrogen (secondary N) is 2. The van der Waals surface area contributed by atoms with Gasteiger partial charge < -0.3 is 0 Å². The molecular weight excluding hydrogens is 276 g/mol. The Morgan fingerprint density at radius 2 is 0.923 bits per heavy atom. The van der Waals surface area contributed by atoms with Gasteiger partial charge in [-0.15, -0.1) is 0 Å². The number of aromatic amines is 2. The molecule has 13 heavy (non-hydrogen) atoms. The summed E-state index contributed by atoms with van der Waals surface area (Å²) < 4.78 is 0. The average Bonchev–Trinajstić information content (AvgIpc) is 2.87. The van der Waals surface area contributed by atoms with Gasteiger partial charge in [-0.25, -0.2) is 0 Å². The molecule has 2 rings (SSSR count). The maximum atomic E-state index is 7.00. The molecule has 2 N–H and O–H groups in total. The minimum absolute atomic E-state index is 0. The van der Waals surface area contributed by atoms with Gasteiger partial charge in [-0.1, -0.05) is 0 Å². The molecule has 0 amide bonds. The van der Waals surface area contributed by atoms with Crippen LogP contribution in [0.25, 0.3) is 0 Å². The summed E-state index contributed by atoms with van der Waals surface area (Å²) in [5, 5.41) is 18.7. The van der Waals surface area contributed by atoms with Crippen LogP contribution in [0, 0.1) is 9.93 Å². The smallest absolute Gasteiger partial charge is 0.0690 e. The number of aromatic nitrogens is 6. The van der Waals surface area contributed by atoms with Crippen LogP contribution in [-0.4, -0.2) is 30.8 Å². The van der Waals surface area contributed by atoms with Crippen molar-refractivity contribution in [1.29, 1.82) is 0 Å². The van der Waals surface area contributed by atoms with Gasteiger partial charge in [0, 0.05) is 37.2 Å². The van der Waals surface area contributed by atoms with Gasteiger partial charge in [0.25, 0.3) is 0 Å². The third kappa shape index (κ3) is 10.8. The van der Waals surface area contributed by atoms with Crippen molar-refractivity contribution in [2.75, 3.05) is 0 Å². The van der Waals surface area contributed by atoms with Crippen molar-refractivity contribution in [2.45, 2.75) is 0 Å². The first-order chi connectivity index (χ1) is 6.00. The first kappa shape index (κ1) is 14.3. The predicted octanol–water partition coefficient (Wildman–Crippen LogP) is -0.326. The van der Waals surface area contributed by atoms with Crippen LogP contribution < -0.4 is 0 Å². The van der Waals surface area contributed by atoms with Gasteiger partial charge in [-0.3, -0.25) is 0 Å². The second-order valence-electron chi connectivity index (χ2n) is 1.31. The molecule has 0 bridgehead atoms. The summed E-state index contributed by atoms with van der Waals surface area (Å²) in [6, 6.07) is 0. The molecule has 0 spiro atoms. The van der Waals surface area contributed by atoms with Gasteiger partial charge >= 0.3 is 0 Å². The molecule has 0 aliphatic carbocycles. The van der Waals surface area contributed by atoms with Crippen LogP contribution in [0.1, 0.15) is 0 Å². The van der Waals surface area contributed by atoms with Crippen LogP contribution >= 0.6 is 0 Å². The van der Waals surface area contributed by atoms with Gasteiger partial charge in [-0.05, 0) is 0 Å². The third-order valence-electron chi connectivity index (χ3n) is 0.662. The van der Waals surface area contributed by atoms with E-state index in [2.05, 4.69) is 30.8 Å². The molecule has 0 atom stereocenters. The molecule has 2 aromatic rings. The minimum atomic E-state index is 0. The van der Waals surface area contributed by atoms with Crippen molar-refractivity contribution in [3.63, 3.8) is 0 Å². The fourth-order valence-corrected chi connectivity index (χ4v) is 0.333. The second kappa shape index (κ2) is 13.4. The fourth-order valence-electron chi connectivity index (χ4n) is 0.333. The summed E-state index contributed by atoms with van der Waals surface area (Å²) >= 11 is 0. The SMILES string of the molecule is O=O.[Cd].c1cn[nH]n1.c1cn[nH]n1. The molecule has 0 saturated heterocycles. The molecule has 0 unspecified atom stereocenters. The standard InChI is InChI=1S/2C2H3N3.Cd.O2/c2*1-2-4-5-3-1;;1-2/h2*1-2H,(H,3,4,5);;. The summed E-state index contributed by atoms with van der Waals surface area (Å²) in [7, 11) is 0. The zero-order valence-electron chi connectivity index (χ0n) is 6.62. The van der Waals surface area contributed by atoms with E-state index in [9.17, 15) is 0 Å². The minimum Gasteiger partial charge on any atom is -0.198 e. The third-order valence-corrected chi connectivity index (χ3v) is 0.662. The summed E-state index contributed by atoms with van der Waals surface area (Å²) in [4.78, 5) is 14.0. The van der Waals surface area contributed by atoms with E-state index in [1.165, 1.54) is 0 Å². The Hall–Kier alpha value is -1.20. The van der Waals surface area contributed by atoms with E-state index in [4.69, 9.17) is 9.93 Å². The molecule has 9 heteroatoms. The van der Waals surface area contributed by atoms with Crippen molar-refractivity contribution in [3.8, 4) is 0 Å². The monoisotopic (exact) mass is 284 g/mol. The molecule has 0 aliphatic heterocycles. The zero-order chi connectivity index (χ0) is 9.07. The van der Waals surface area contributed by atoms with E-state index in [1.807, 2.05) is 0 Å². The van der Waals surface area contributed by atoms with Gasteiger partial charge in [0.1, 0.15) is 0 Å². The Morgan fingerprint density at radius 1 is 0.692 bits per heavy atom. The maximum absolute atomic E-state index is 7.00. The van der Waals surface area contributed by atoms with Gasteiger partial charge in [0.05, 0.1) is 24.8 Å². The van der Waals surface area contributed by atoms with Crippen molar-refractivity contribution in [2.24, 2.45) is 0 Å². The summed E-state index contributed by atoms with van der Waals surface area (Å²) in [5.41, 5.74) is 0. The molecule has 0 fully saturated rings. The van der Waals surface area contributed by atoms with Crippen molar-refractivity contribution >= 4 is 0 Å². The molecule has 0 aliphatic rings. The number of rotatable bonds is 0. The number of nitrogens with zero attached hydrogens (tertiary/aromatic N) is 4. The summed E-state index contributed by atoms with van der Waals surface area (Å²) in [5.74, 6) is 0. The Bertz CT molecular complexity index is 174. The summed E-state index contributed by atoms with van der Waals surface area (Å²) in [6.45, 7) is 0. The first-order valence-electron chi connectivity index (χ1n) is 2.76. The van der Waals surface area contributed by atoms with Gasteiger partial charge in [0.2, 0.25) is 0 Å². The zero-order valence-corrected chi connectivity index (χ0v) is 10.7. The quantitative estimate of drug-likeness (QED) is 0.639. The van der Waals surface area contributed by atoms with Crippen LogP contribution in [0.2, 0.25) is 0 Å². The molecule has 2 aromatic heterocycles. The average molecular weight is 283 g/mol. The number of hydrogen-bond donors (Lipinski definition) is 2. The second-order valence-corrected chi connectivity index (χ2v) is 1.31. The molecule has 0 aromatic carbocycles. The Balaban J connectivity index is 0. The first-order valence-corrected chi connectivity index (χ1v) is 2.76. The Kier molecular flexibility index (Phi) is 14.8. The van der Waals surface area contributed by atoms with Crippen LogP contribution in [0.5, 0.6) is 0 Å². The molecular formula is C4H6CdN6O2. The van der Waals surface area contributed by atoms with E-state index in [0.717, 1.165) is 0 Å². The number of hydrogen-bond acceptors (Lipinski definition) is 6. The van der Waals surface area contributed by atoms with E-state index >= 15 is 0 Å². The van der Waals surface area contributed by atoms with Gasteiger partial charge in [0.15, 0.2) is 0 Å². The van der Waals surface area contributed by atoms with E-state index in [-0.39, 0.29) is 27.3 Å². The topological polar surface area (TPSA) is 117 Å². The van der Waals surface area contributed by atoms with Crippen molar-refractivity contribution in [3.05, 3.63) is 34.7 Å². The Labute approximate surface area is 92.9 Å². The largest absolute Gasteiger partial charge is 0.198 e. The molecule has 2 heterocycles. The van der Waals surface area contributed by atoms with E-state index < -0.39 is 0 Å². The fraction of sp³-hybridized carbons (Fsp3) is 0. The van der Waals surface area contributed by atoms with Crippen LogP contribution in [0.15, 0.2) is 24.8 Å². The Morgan fingerprint density at radius 3 is 1.00 bits per heavy atom. The predicted molar refractivity (Wildman–Crippen MR) is 39.5 cm³/mol. The number of H-pyrrole nitrogens is 2. The van der Waals surface area contributed by atoms with Crippen LogP contribution in [0.4, 0.5) is 0 Å². The van der Waals surface area contributed by atoms with Gasteiger partial charge in [-0.2, -0.15) is 30.8 Å². The molecule has 0 radical (unpaired) electrons. The van der Waals surface area contributed by atoms with Crippen molar-refractivity contribution in [1.82, 2.24) is 30.8 Å². The van der Waals surface area contributed by atoms with Crippen LogP contribution in [-0.2, 0) is 27.3 Å². The van der Waals surface area contributed by atoms with E-state index in [1.54, 1.807) is 24.8 Å². The normalized spacial score (nSPS) is 6.46. The van der Waals surface area contributed by atoms with Crippen molar-refractivity contribution < 1.29 is 27.3 Å². The van der Waals surface area contributed by atoms with Crippen LogP contribution in [0.3, 0.4) is 0 Å². The molecule has 66 valence electrons. The maximum Gasteiger partial charge on any atom is 0.0690 e. The molecule has 8 nitrogen and oxygen atoms in total. The summed E-state index contributed by atoms with van der Waals surface area (Å²) in [6.07, 6.45) is 6.33. The molecule has 0 saturated carbocycles.